The molecular formula is C11H13N3O2S. The molecule has 1 aromatic heterocycles. The smallest absolute Gasteiger partial charge is 0.257 e. The summed E-state index contributed by atoms with van der Waals surface area (Å²) in [6.07, 6.45) is 4.65. The van der Waals surface area contributed by atoms with Crippen LogP contribution in [0.1, 0.15) is 28.9 Å². The van der Waals surface area contributed by atoms with Crippen LogP contribution >= 0.6 is 11.8 Å². The first-order valence-corrected chi connectivity index (χ1v) is 6.80. The fourth-order valence-corrected chi connectivity index (χ4v) is 2.65. The van der Waals surface area contributed by atoms with Crippen LogP contribution in [0.4, 0.5) is 0 Å². The number of aromatic nitrogens is 2. The second-order valence-corrected chi connectivity index (χ2v) is 5.20. The van der Waals surface area contributed by atoms with Crippen molar-refractivity contribution in [2.24, 2.45) is 0 Å². The van der Waals surface area contributed by atoms with Gasteiger partial charge in [-0.05, 0) is 19.1 Å². The predicted molar refractivity (Wildman–Crippen MR) is 62.7 cm³/mol. The van der Waals surface area contributed by atoms with E-state index in [1.165, 1.54) is 11.8 Å². The summed E-state index contributed by atoms with van der Waals surface area (Å²) in [7, 11) is 0. The largest absolute Gasteiger partial charge is 0.393 e. The number of hydrogen-bond acceptors (Lipinski definition) is 5. The number of thioether (sulfide) groups is 1. The number of fused-ring (bicyclic) bond motifs is 1. The molecule has 6 heteroatoms. The molecule has 2 aliphatic rings. The van der Waals surface area contributed by atoms with Gasteiger partial charge in [0.1, 0.15) is 0 Å². The van der Waals surface area contributed by atoms with Crippen LogP contribution in [0.15, 0.2) is 11.4 Å². The Morgan fingerprint density at radius 1 is 1.53 bits per heavy atom. The molecule has 0 aromatic carbocycles. The first-order valence-electron chi connectivity index (χ1n) is 5.58. The second-order valence-electron chi connectivity index (χ2n) is 4.43. The number of amides is 1. The third kappa shape index (κ3) is 1.71. The van der Waals surface area contributed by atoms with E-state index in [0.717, 1.165) is 5.69 Å². The molecule has 0 unspecified atom stereocenters. The fraction of sp³-hybridized carbons (Fsp3) is 0.545. The first kappa shape index (κ1) is 11.0. The molecule has 5 nitrogen and oxygen atoms in total. The number of carbonyl (C=O) groups is 1. The van der Waals surface area contributed by atoms with E-state index in [2.05, 4.69) is 9.97 Å². The normalized spacial score (nSPS) is 26.9. The Bertz CT molecular complexity index is 474. The topological polar surface area (TPSA) is 66.3 Å². The highest BCUT2D eigenvalue weighted by atomic mass is 32.2. The molecule has 1 aliphatic carbocycles. The Morgan fingerprint density at radius 2 is 2.29 bits per heavy atom. The van der Waals surface area contributed by atoms with E-state index in [4.69, 9.17) is 0 Å². The molecule has 0 saturated heterocycles. The van der Waals surface area contributed by atoms with Gasteiger partial charge in [0.05, 0.1) is 23.9 Å². The average molecular weight is 251 g/mol. The highest BCUT2D eigenvalue weighted by molar-refractivity contribution is 7.98. The van der Waals surface area contributed by atoms with Crippen molar-refractivity contribution < 1.29 is 9.90 Å². The molecule has 90 valence electrons. The van der Waals surface area contributed by atoms with Gasteiger partial charge in [-0.3, -0.25) is 4.79 Å². The fourth-order valence-electron chi connectivity index (χ4n) is 2.29. The minimum atomic E-state index is -0.246. The third-order valence-electron chi connectivity index (χ3n) is 3.37. The maximum Gasteiger partial charge on any atom is 0.257 e. The number of aliphatic hydroxyl groups excluding tert-OH is 1. The summed E-state index contributed by atoms with van der Waals surface area (Å²) in [6, 6.07) is 0.171. The molecule has 1 aromatic rings. The lowest BCUT2D eigenvalue weighted by Crippen LogP contribution is -2.47. The van der Waals surface area contributed by atoms with Crippen LogP contribution in [-0.2, 0) is 6.54 Å². The van der Waals surface area contributed by atoms with Crippen LogP contribution in [-0.4, -0.2) is 44.3 Å². The molecule has 0 bridgehead atoms. The van der Waals surface area contributed by atoms with Crippen LogP contribution in [0.3, 0.4) is 0 Å². The molecule has 0 radical (unpaired) electrons. The number of aliphatic hydroxyl groups is 1. The first-order chi connectivity index (χ1) is 8.19. The van der Waals surface area contributed by atoms with Crippen LogP contribution in [0, 0.1) is 0 Å². The Labute approximate surface area is 103 Å². The van der Waals surface area contributed by atoms with Crippen molar-refractivity contribution in [3.8, 4) is 0 Å². The Kier molecular flexibility index (Phi) is 2.56. The quantitative estimate of drug-likeness (QED) is 0.618. The Hall–Kier alpha value is -1.14. The Balaban J connectivity index is 1.84. The Morgan fingerprint density at radius 3 is 2.94 bits per heavy atom. The highest BCUT2D eigenvalue weighted by Gasteiger charge is 2.40. The van der Waals surface area contributed by atoms with E-state index in [1.54, 1.807) is 11.1 Å². The summed E-state index contributed by atoms with van der Waals surface area (Å²) in [5, 5.41) is 10.00. The minimum Gasteiger partial charge on any atom is -0.393 e. The van der Waals surface area contributed by atoms with Gasteiger partial charge in [0.15, 0.2) is 5.16 Å². The van der Waals surface area contributed by atoms with Gasteiger partial charge in [0.2, 0.25) is 0 Å². The van der Waals surface area contributed by atoms with Gasteiger partial charge >= 0.3 is 0 Å². The van der Waals surface area contributed by atoms with Crippen molar-refractivity contribution in [3.05, 3.63) is 17.5 Å². The zero-order valence-electron chi connectivity index (χ0n) is 9.46. The predicted octanol–water partition coefficient (Wildman–Crippen LogP) is 0.678. The summed E-state index contributed by atoms with van der Waals surface area (Å²) < 4.78 is 0. The van der Waals surface area contributed by atoms with E-state index >= 15 is 0 Å². The molecular weight excluding hydrogens is 238 g/mol. The van der Waals surface area contributed by atoms with E-state index in [1.807, 2.05) is 6.26 Å². The molecule has 0 atom stereocenters. The summed E-state index contributed by atoms with van der Waals surface area (Å²) >= 11 is 1.47. The van der Waals surface area contributed by atoms with Gasteiger partial charge in [-0.1, -0.05) is 11.8 Å². The number of hydrogen-bond donors (Lipinski definition) is 1. The van der Waals surface area contributed by atoms with Gasteiger partial charge in [-0.25, -0.2) is 9.97 Å². The van der Waals surface area contributed by atoms with Crippen molar-refractivity contribution in [3.63, 3.8) is 0 Å². The van der Waals surface area contributed by atoms with E-state index in [-0.39, 0.29) is 18.1 Å². The van der Waals surface area contributed by atoms with Crippen LogP contribution < -0.4 is 0 Å². The second kappa shape index (κ2) is 3.96. The van der Waals surface area contributed by atoms with Crippen molar-refractivity contribution >= 4 is 17.7 Å². The summed E-state index contributed by atoms with van der Waals surface area (Å²) in [5.74, 6) is 0.00422. The maximum absolute atomic E-state index is 12.1. The van der Waals surface area contributed by atoms with Gasteiger partial charge in [0.25, 0.3) is 5.91 Å². The summed E-state index contributed by atoms with van der Waals surface area (Å²) in [6.45, 7) is 0.557. The summed E-state index contributed by atoms with van der Waals surface area (Å²) in [5.41, 5.74) is 1.43. The van der Waals surface area contributed by atoms with Gasteiger partial charge in [-0.2, -0.15) is 0 Å². The van der Waals surface area contributed by atoms with Gasteiger partial charge < -0.3 is 10.0 Å². The zero-order valence-corrected chi connectivity index (χ0v) is 10.3. The molecule has 1 N–H and O–H groups in total. The maximum atomic E-state index is 12.1. The molecule has 3 rings (SSSR count). The molecule has 0 spiro atoms. The lowest BCUT2D eigenvalue weighted by atomic mass is 9.88. The molecule has 17 heavy (non-hydrogen) atoms. The molecule has 2 heterocycles. The van der Waals surface area contributed by atoms with Crippen LogP contribution in [0.25, 0.3) is 0 Å². The standard InChI is InChI=1S/C11H13N3O2S/c1-17-11-12-4-8-9(13-11)5-14(10(8)16)6-2-7(15)3-6/h4,6-7,15H,2-3,5H2,1H3. The number of rotatable bonds is 2. The van der Waals surface area contributed by atoms with E-state index < -0.39 is 0 Å². The van der Waals surface area contributed by atoms with Gasteiger partial charge in [-0.15, -0.1) is 0 Å². The van der Waals surface area contributed by atoms with E-state index in [9.17, 15) is 9.90 Å². The molecule has 1 saturated carbocycles. The van der Waals surface area contributed by atoms with Crippen LogP contribution in [0.2, 0.25) is 0 Å². The number of carbonyl (C=O) groups excluding carboxylic acids is 1. The van der Waals surface area contributed by atoms with Crippen LogP contribution in [0.5, 0.6) is 0 Å². The van der Waals surface area contributed by atoms with Crippen molar-refractivity contribution in [1.82, 2.24) is 14.9 Å². The minimum absolute atomic E-state index is 0.00422. The van der Waals surface area contributed by atoms with Crippen molar-refractivity contribution in [2.45, 2.75) is 36.7 Å². The third-order valence-corrected chi connectivity index (χ3v) is 3.93. The van der Waals surface area contributed by atoms with Gasteiger partial charge in [0, 0.05) is 12.2 Å². The van der Waals surface area contributed by atoms with E-state index in [0.29, 0.717) is 30.1 Å². The molecule has 1 amide bonds. The van der Waals surface area contributed by atoms with Crippen molar-refractivity contribution in [1.29, 1.82) is 0 Å². The number of nitrogens with zero attached hydrogens (tertiary/aromatic N) is 3. The summed E-state index contributed by atoms with van der Waals surface area (Å²) in [4.78, 5) is 22.4. The molecule has 1 fully saturated rings. The average Bonchev–Trinajstić information content (AvgIpc) is 2.62. The lowest BCUT2D eigenvalue weighted by molar-refractivity contribution is 0.00558. The highest BCUT2D eigenvalue weighted by Crippen LogP contribution is 2.32. The lowest BCUT2D eigenvalue weighted by Gasteiger charge is -2.38. The van der Waals surface area contributed by atoms with Crippen molar-refractivity contribution in [2.75, 3.05) is 6.26 Å². The SMILES string of the molecule is CSc1ncc2c(n1)CN(C1CC(O)C1)C2=O. The monoisotopic (exact) mass is 251 g/mol. The molecule has 1 aliphatic heterocycles. The zero-order chi connectivity index (χ0) is 12.0.